The van der Waals surface area contributed by atoms with Gasteiger partial charge in [0.25, 0.3) is 0 Å². The number of ether oxygens (including phenoxy) is 2. The van der Waals surface area contributed by atoms with Crippen LogP contribution in [0.4, 0.5) is 11.5 Å². The molecule has 0 spiro atoms. The summed E-state index contributed by atoms with van der Waals surface area (Å²) in [6.07, 6.45) is 7.72. The first-order valence-electron chi connectivity index (χ1n) is 8.54. The van der Waals surface area contributed by atoms with Gasteiger partial charge < -0.3 is 14.8 Å². The topological polar surface area (TPSA) is 56.3 Å². The zero-order valence-corrected chi connectivity index (χ0v) is 15.3. The summed E-state index contributed by atoms with van der Waals surface area (Å²) in [5.74, 6) is 2.28. The first-order valence-corrected chi connectivity index (χ1v) is 9.36. The maximum Gasteiger partial charge on any atom is 0.162 e. The summed E-state index contributed by atoms with van der Waals surface area (Å²) in [7, 11) is 3.28. The number of thiophene rings is 1. The highest BCUT2D eigenvalue weighted by Crippen LogP contribution is 2.39. The van der Waals surface area contributed by atoms with Crippen molar-refractivity contribution in [3.8, 4) is 11.5 Å². The molecule has 0 aliphatic heterocycles. The molecule has 3 aromatic rings. The van der Waals surface area contributed by atoms with Crippen LogP contribution in [0, 0.1) is 0 Å². The van der Waals surface area contributed by atoms with Gasteiger partial charge in [0, 0.05) is 16.6 Å². The Kier molecular flexibility index (Phi) is 4.44. The molecule has 1 N–H and O–H groups in total. The second-order valence-electron chi connectivity index (χ2n) is 6.16. The molecule has 0 unspecified atom stereocenters. The summed E-state index contributed by atoms with van der Waals surface area (Å²) in [4.78, 5) is 11.6. The van der Waals surface area contributed by atoms with Crippen molar-refractivity contribution >= 4 is 33.1 Å². The van der Waals surface area contributed by atoms with Gasteiger partial charge in [-0.2, -0.15) is 0 Å². The normalized spacial score (nSPS) is 14.0. The zero-order chi connectivity index (χ0) is 17.2. The van der Waals surface area contributed by atoms with E-state index < -0.39 is 0 Å². The second kappa shape index (κ2) is 6.88. The molecule has 0 radical (unpaired) electrons. The highest BCUT2D eigenvalue weighted by atomic mass is 32.1. The van der Waals surface area contributed by atoms with E-state index in [4.69, 9.17) is 9.47 Å². The van der Waals surface area contributed by atoms with Crippen molar-refractivity contribution in [3.63, 3.8) is 0 Å². The molecule has 6 heteroatoms. The van der Waals surface area contributed by atoms with Crippen molar-refractivity contribution in [3.05, 3.63) is 35.0 Å². The minimum atomic E-state index is 0.696. The van der Waals surface area contributed by atoms with Gasteiger partial charge in [0.15, 0.2) is 11.5 Å². The number of fused-ring (bicyclic) bond motifs is 3. The van der Waals surface area contributed by atoms with E-state index in [9.17, 15) is 0 Å². The third kappa shape index (κ3) is 3.02. The third-order valence-electron chi connectivity index (χ3n) is 4.65. The lowest BCUT2D eigenvalue weighted by atomic mass is 10.1. The molecule has 1 aliphatic rings. The van der Waals surface area contributed by atoms with E-state index in [1.54, 1.807) is 20.5 Å². The molecule has 1 aromatic carbocycles. The van der Waals surface area contributed by atoms with Crippen molar-refractivity contribution < 1.29 is 9.47 Å². The molecule has 0 saturated heterocycles. The first kappa shape index (κ1) is 16.1. The number of aromatic nitrogens is 2. The van der Waals surface area contributed by atoms with Crippen LogP contribution in [0.15, 0.2) is 24.5 Å². The van der Waals surface area contributed by atoms with Crippen LogP contribution in [-0.2, 0) is 12.8 Å². The van der Waals surface area contributed by atoms with Crippen LogP contribution in [0.2, 0.25) is 0 Å². The minimum absolute atomic E-state index is 0.696. The zero-order valence-electron chi connectivity index (χ0n) is 14.5. The van der Waals surface area contributed by atoms with Gasteiger partial charge in [-0.3, -0.25) is 0 Å². The maximum atomic E-state index is 5.40. The van der Waals surface area contributed by atoms with E-state index in [0.717, 1.165) is 29.2 Å². The van der Waals surface area contributed by atoms with Gasteiger partial charge in [-0.1, -0.05) is 6.42 Å². The number of methoxy groups -OCH3 is 2. The highest BCUT2D eigenvalue weighted by molar-refractivity contribution is 7.18. The Hall–Kier alpha value is -2.34. The van der Waals surface area contributed by atoms with Gasteiger partial charge in [-0.25, -0.2) is 9.97 Å². The lowest BCUT2D eigenvalue weighted by Crippen LogP contribution is -1.98. The average Bonchev–Trinajstić information content (AvgIpc) is 2.84. The monoisotopic (exact) mass is 355 g/mol. The Bertz CT molecular complexity index is 907. The fourth-order valence-electron chi connectivity index (χ4n) is 3.41. The summed E-state index contributed by atoms with van der Waals surface area (Å²) < 4.78 is 10.7. The summed E-state index contributed by atoms with van der Waals surface area (Å²) >= 11 is 1.82. The standard InChI is InChI=1S/C19H21N3O2S/c1-23-14-9-8-12(10-15(14)24-2)22-18-17-13-6-4-3-5-7-16(13)25-19(17)21-11-20-18/h8-11H,3-7H2,1-2H3,(H,20,21,22). The summed E-state index contributed by atoms with van der Waals surface area (Å²) in [5, 5.41) is 4.63. The van der Waals surface area contributed by atoms with Crippen molar-refractivity contribution in [1.29, 1.82) is 0 Å². The third-order valence-corrected chi connectivity index (χ3v) is 5.85. The van der Waals surface area contributed by atoms with E-state index in [2.05, 4.69) is 15.3 Å². The van der Waals surface area contributed by atoms with Gasteiger partial charge >= 0.3 is 0 Å². The van der Waals surface area contributed by atoms with Crippen LogP contribution >= 0.6 is 11.3 Å². The highest BCUT2D eigenvalue weighted by Gasteiger charge is 2.19. The molecule has 130 valence electrons. The van der Waals surface area contributed by atoms with E-state index in [1.165, 1.54) is 35.1 Å². The summed E-state index contributed by atoms with van der Waals surface area (Å²) in [5.41, 5.74) is 2.35. The Morgan fingerprint density at radius 1 is 1.00 bits per heavy atom. The van der Waals surface area contributed by atoms with E-state index in [0.29, 0.717) is 11.5 Å². The molecule has 2 aromatic heterocycles. The number of anilines is 2. The van der Waals surface area contributed by atoms with Gasteiger partial charge in [0.05, 0.1) is 19.6 Å². The molecule has 0 saturated carbocycles. The van der Waals surface area contributed by atoms with Gasteiger partial charge in [-0.15, -0.1) is 11.3 Å². The predicted octanol–water partition coefficient (Wildman–Crippen LogP) is 4.72. The molecule has 0 fully saturated rings. The van der Waals surface area contributed by atoms with Crippen molar-refractivity contribution in [2.75, 3.05) is 19.5 Å². The second-order valence-corrected chi connectivity index (χ2v) is 7.25. The van der Waals surface area contributed by atoms with Crippen LogP contribution < -0.4 is 14.8 Å². The molecular weight excluding hydrogens is 334 g/mol. The van der Waals surface area contributed by atoms with Crippen molar-refractivity contribution in [2.24, 2.45) is 0 Å². The molecule has 0 atom stereocenters. The predicted molar refractivity (Wildman–Crippen MR) is 102 cm³/mol. The van der Waals surface area contributed by atoms with Gasteiger partial charge in [-0.05, 0) is 43.4 Å². The van der Waals surface area contributed by atoms with Crippen LogP contribution in [0.3, 0.4) is 0 Å². The fraction of sp³-hybridized carbons (Fsp3) is 0.368. The van der Waals surface area contributed by atoms with E-state index in [1.807, 2.05) is 29.5 Å². The van der Waals surface area contributed by atoms with Crippen LogP contribution in [0.5, 0.6) is 11.5 Å². The molecule has 0 bridgehead atoms. The SMILES string of the molecule is COc1ccc(Nc2ncnc3sc4c(c23)CCCCC4)cc1OC. The molecule has 25 heavy (non-hydrogen) atoms. The molecule has 4 rings (SSSR count). The largest absolute Gasteiger partial charge is 0.493 e. The number of nitrogens with one attached hydrogen (secondary N) is 1. The summed E-state index contributed by atoms with van der Waals surface area (Å²) in [6.45, 7) is 0. The van der Waals surface area contributed by atoms with Crippen molar-refractivity contribution in [1.82, 2.24) is 9.97 Å². The van der Waals surface area contributed by atoms with Gasteiger partial charge in [0.1, 0.15) is 17.0 Å². The first-order chi connectivity index (χ1) is 12.3. The number of aryl methyl sites for hydroxylation is 2. The Labute approximate surface area is 151 Å². The van der Waals surface area contributed by atoms with Crippen molar-refractivity contribution in [2.45, 2.75) is 32.1 Å². The number of benzene rings is 1. The number of rotatable bonds is 4. The molecular formula is C19H21N3O2S. The Morgan fingerprint density at radius 2 is 1.84 bits per heavy atom. The Balaban J connectivity index is 1.76. The van der Waals surface area contributed by atoms with Gasteiger partial charge in [0.2, 0.25) is 0 Å². The molecule has 2 heterocycles. The average molecular weight is 355 g/mol. The van der Waals surface area contributed by atoms with E-state index in [-0.39, 0.29) is 0 Å². The Morgan fingerprint density at radius 3 is 2.68 bits per heavy atom. The fourth-order valence-corrected chi connectivity index (χ4v) is 4.64. The molecule has 5 nitrogen and oxygen atoms in total. The van der Waals surface area contributed by atoms with Crippen LogP contribution in [-0.4, -0.2) is 24.2 Å². The smallest absolute Gasteiger partial charge is 0.162 e. The molecule has 0 amide bonds. The summed E-state index contributed by atoms with van der Waals surface area (Å²) in [6, 6.07) is 5.80. The number of hydrogen-bond donors (Lipinski definition) is 1. The van der Waals surface area contributed by atoms with E-state index >= 15 is 0 Å². The molecule has 1 aliphatic carbocycles. The van der Waals surface area contributed by atoms with Crippen LogP contribution in [0.1, 0.15) is 29.7 Å². The quantitative estimate of drug-likeness (QED) is 0.686. The lowest BCUT2D eigenvalue weighted by molar-refractivity contribution is 0.355. The van der Waals surface area contributed by atoms with Crippen LogP contribution in [0.25, 0.3) is 10.2 Å². The number of hydrogen-bond acceptors (Lipinski definition) is 6. The maximum absolute atomic E-state index is 5.40. The number of nitrogens with zero attached hydrogens (tertiary/aromatic N) is 2. The minimum Gasteiger partial charge on any atom is -0.493 e. The lowest BCUT2D eigenvalue weighted by Gasteiger charge is -2.12.